The number of halogens is 6. The maximum absolute atomic E-state index is 12.7. The third-order valence-corrected chi connectivity index (χ3v) is 4.04. The first kappa shape index (κ1) is 17.1. The number of hydrogen-bond donors (Lipinski definition) is 0. The summed E-state index contributed by atoms with van der Waals surface area (Å²) in [6.45, 7) is 0.951. The van der Waals surface area contributed by atoms with E-state index in [4.69, 9.17) is 34.8 Å². The average Bonchev–Trinajstić information content (AvgIpc) is 2.39. The average molecular weight is 372 g/mol. The van der Waals surface area contributed by atoms with Crippen molar-refractivity contribution in [2.75, 3.05) is 0 Å². The minimum Gasteiger partial charge on any atom is -0.267 e. The van der Waals surface area contributed by atoms with Crippen LogP contribution in [0, 0.1) is 6.92 Å². The Morgan fingerprint density at radius 3 is 2.45 bits per heavy atom. The molecular weight excluding hydrogens is 364 g/mol. The molecule has 1 heterocycles. The van der Waals surface area contributed by atoms with Crippen molar-refractivity contribution < 1.29 is 13.2 Å². The lowest BCUT2D eigenvalue weighted by Gasteiger charge is -2.13. The fourth-order valence-electron chi connectivity index (χ4n) is 1.87. The Bertz CT molecular complexity index is 787. The number of benzene rings is 1. The molecule has 0 N–H and O–H groups in total. The molecule has 0 saturated heterocycles. The van der Waals surface area contributed by atoms with Crippen LogP contribution in [0.4, 0.5) is 13.2 Å². The molecule has 0 saturated carbocycles. The first-order valence-electron chi connectivity index (χ1n) is 5.88. The van der Waals surface area contributed by atoms with Gasteiger partial charge >= 0.3 is 6.18 Å². The van der Waals surface area contributed by atoms with Gasteiger partial charge in [-0.15, -0.1) is 0 Å². The maximum atomic E-state index is 12.7. The molecule has 0 aliphatic rings. The number of aromatic nitrogens is 2. The Hall–Kier alpha value is -1.24. The maximum Gasteiger partial charge on any atom is 0.418 e. The van der Waals surface area contributed by atoms with E-state index in [0.717, 1.165) is 11.6 Å². The molecule has 0 radical (unpaired) electrons. The molecule has 118 valence electrons. The molecule has 0 bridgehead atoms. The largest absolute Gasteiger partial charge is 0.418 e. The highest BCUT2D eigenvalue weighted by Gasteiger charge is 2.34. The molecule has 1 aromatic heterocycles. The van der Waals surface area contributed by atoms with Crippen LogP contribution in [0.15, 0.2) is 23.1 Å². The van der Waals surface area contributed by atoms with Crippen LogP contribution in [0.5, 0.6) is 0 Å². The molecule has 0 atom stereocenters. The molecule has 0 fully saturated rings. The van der Waals surface area contributed by atoms with Gasteiger partial charge in [0.15, 0.2) is 0 Å². The first-order chi connectivity index (χ1) is 10.1. The Morgan fingerprint density at radius 2 is 1.86 bits per heavy atom. The van der Waals surface area contributed by atoms with E-state index in [1.165, 1.54) is 12.1 Å². The van der Waals surface area contributed by atoms with Crippen LogP contribution in [0.25, 0.3) is 0 Å². The molecule has 2 aromatic rings. The lowest BCUT2D eigenvalue weighted by Crippen LogP contribution is -2.28. The summed E-state index contributed by atoms with van der Waals surface area (Å²) >= 11 is 17.7. The van der Waals surface area contributed by atoms with E-state index in [9.17, 15) is 18.0 Å². The van der Waals surface area contributed by atoms with Crippen LogP contribution in [-0.2, 0) is 12.7 Å². The molecule has 0 aliphatic carbocycles. The van der Waals surface area contributed by atoms with Crippen molar-refractivity contribution in [3.05, 3.63) is 60.4 Å². The Balaban J connectivity index is 2.49. The lowest BCUT2D eigenvalue weighted by molar-refractivity contribution is -0.138. The van der Waals surface area contributed by atoms with Crippen LogP contribution in [0.1, 0.15) is 16.7 Å². The normalized spacial score (nSPS) is 11.8. The number of nitrogens with zero attached hydrogens (tertiary/aromatic N) is 2. The van der Waals surface area contributed by atoms with E-state index in [-0.39, 0.29) is 16.6 Å². The number of alkyl halides is 3. The Morgan fingerprint density at radius 1 is 1.23 bits per heavy atom. The second-order valence-corrected chi connectivity index (χ2v) is 5.73. The highest BCUT2D eigenvalue weighted by molar-refractivity contribution is 6.43. The molecule has 0 amide bonds. The van der Waals surface area contributed by atoms with E-state index in [1.54, 1.807) is 0 Å². The van der Waals surface area contributed by atoms with E-state index in [1.807, 2.05) is 0 Å². The van der Waals surface area contributed by atoms with E-state index < -0.39 is 22.9 Å². The van der Waals surface area contributed by atoms with Crippen molar-refractivity contribution in [3.8, 4) is 0 Å². The quantitative estimate of drug-likeness (QED) is 0.724. The van der Waals surface area contributed by atoms with E-state index in [0.29, 0.717) is 16.8 Å². The highest BCUT2D eigenvalue weighted by atomic mass is 35.5. The molecular formula is C13H8Cl3F3N2O. The Labute approximate surface area is 138 Å². The third-order valence-electron chi connectivity index (χ3n) is 2.98. The van der Waals surface area contributed by atoms with Gasteiger partial charge < -0.3 is 0 Å². The second kappa shape index (κ2) is 6.10. The van der Waals surface area contributed by atoms with Crippen LogP contribution >= 0.6 is 34.8 Å². The summed E-state index contributed by atoms with van der Waals surface area (Å²) < 4.78 is 39.0. The van der Waals surface area contributed by atoms with Crippen molar-refractivity contribution in [2.45, 2.75) is 19.6 Å². The zero-order chi connectivity index (χ0) is 16.7. The highest BCUT2D eigenvalue weighted by Crippen LogP contribution is 2.31. The van der Waals surface area contributed by atoms with Crippen LogP contribution in [0.3, 0.4) is 0 Å². The molecule has 0 unspecified atom stereocenters. The van der Waals surface area contributed by atoms with Gasteiger partial charge in [0.05, 0.1) is 28.4 Å². The first-order valence-corrected chi connectivity index (χ1v) is 7.02. The molecule has 0 spiro atoms. The summed E-state index contributed by atoms with van der Waals surface area (Å²) in [5.41, 5.74) is -1.98. The summed E-state index contributed by atoms with van der Waals surface area (Å²) in [6, 6.07) is 2.89. The fraction of sp³-hybridized carbons (Fsp3) is 0.231. The number of rotatable bonds is 2. The van der Waals surface area contributed by atoms with Gasteiger partial charge in [-0.1, -0.05) is 34.8 Å². The lowest BCUT2D eigenvalue weighted by atomic mass is 10.1. The van der Waals surface area contributed by atoms with Crippen molar-refractivity contribution in [2.24, 2.45) is 0 Å². The predicted octanol–water partition coefficient (Wildman–Crippen LogP) is 4.58. The van der Waals surface area contributed by atoms with Crippen molar-refractivity contribution in [1.82, 2.24) is 9.78 Å². The predicted molar refractivity (Wildman–Crippen MR) is 78.8 cm³/mol. The van der Waals surface area contributed by atoms with Gasteiger partial charge in [-0.3, -0.25) is 4.79 Å². The fourth-order valence-corrected chi connectivity index (χ4v) is 2.57. The summed E-state index contributed by atoms with van der Waals surface area (Å²) in [5, 5.41) is 4.18. The molecule has 22 heavy (non-hydrogen) atoms. The van der Waals surface area contributed by atoms with Crippen LogP contribution < -0.4 is 5.56 Å². The molecule has 9 heteroatoms. The van der Waals surface area contributed by atoms with Gasteiger partial charge in [0.2, 0.25) is 0 Å². The van der Waals surface area contributed by atoms with E-state index in [2.05, 4.69) is 5.10 Å². The summed E-state index contributed by atoms with van der Waals surface area (Å²) in [5.74, 6) is 0. The van der Waals surface area contributed by atoms with Gasteiger partial charge in [0.1, 0.15) is 0 Å². The Kier molecular flexibility index (Phi) is 4.75. The summed E-state index contributed by atoms with van der Waals surface area (Å²) in [6.07, 6.45) is -4.02. The number of hydrogen-bond acceptors (Lipinski definition) is 2. The topological polar surface area (TPSA) is 34.9 Å². The van der Waals surface area contributed by atoms with E-state index >= 15 is 0 Å². The SMILES string of the molecule is Cc1c(C(F)(F)F)cnn(Cc2cc(Cl)cc(Cl)c2Cl)c1=O. The summed E-state index contributed by atoms with van der Waals surface area (Å²) in [7, 11) is 0. The molecule has 1 aromatic carbocycles. The van der Waals surface area contributed by atoms with Crippen molar-refractivity contribution in [1.29, 1.82) is 0 Å². The zero-order valence-electron chi connectivity index (χ0n) is 11.0. The third kappa shape index (κ3) is 3.39. The van der Waals surface area contributed by atoms with Crippen molar-refractivity contribution in [3.63, 3.8) is 0 Å². The van der Waals surface area contributed by atoms with Crippen molar-refractivity contribution >= 4 is 34.8 Å². The van der Waals surface area contributed by atoms with Crippen LogP contribution in [-0.4, -0.2) is 9.78 Å². The molecule has 0 aliphatic heterocycles. The monoisotopic (exact) mass is 370 g/mol. The van der Waals surface area contributed by atoms with Crippen LogP contribution in [0.2, 0.25) is 15.1 Å². The van der Waals surface area contributed by atoms with Gasteiger partial charge in [-0.2, -0.15) is 18.3 Å². The summed E-state index contributed by atoms with van der Waals surface area (Å²) in [4.78, 5) is 12.0. The minimum atomic E-state index is -4.63. The van der Waals surface area contributed by atoms with Gasteiger partial charge in [0, 0.05) is 10.6 Å². The molecule has 2 rings (SSSR count). The molecule has 3 nitrogen and oxygen atoms in total. The van der Waals surface area contributed by atoms with Gasteiger partial charge in [-0.25, -0.2) is 4.68 Å². The van der Waals surface area contributed by atoms with Gasteiger partial charge in [0.25, 0.3) is 5.56 Å². The second-order valence-electron chi connectivity index (χ2n) is 4.50. The zero-order valence-corrected chi connectivity index (χ0v) is 13.3. The minimum absolute atomic E-state index is 0.142. The smallest absolute Gasteiger partial charge is 0.267 e. The standard InChI is InChI=1S/C13H8Cl3F3N2O/c1-6-9(13(17,18)19)4-20-21(12(6)22)5-7-2-8(14)3-10(15)11(7)16/h2-4H,5H2,1H3. The van der Waals surface area contributed by atoms with Gasteiger partial charge in [-0.05, 0) is 24.6 Å².